The Bertz CT molecular complexity index is 231. The van der Waals surface area contributed by atoms with Crippen molar-refractivity contribution in [3.63, 3.8) is 0 Å². The fourth-order valence-corrected chi connectivity index (χ4v) is 3.05. The highest BCUT2D eigenvalue weighted by Crippen LogP contribution is 2.18. The van der Waals surface area contributed by atoms with E-state index in [-0.39, 0.29) is 11.9 Å². The predicted octanol–water partition coefficient (Wildman–Crippen LogP) is 6.96. The molecule has 0 amide bonds. The monoisotopic (exact) mass is 362 g/mol. The minimum absolute atomic E-state index is 0.0764. The normalized spacial score (nSPS) is 12.3. The summed E-state index contributed by atoms with van der Waals surface area (Å²) in [5.41, 5.74) is 0. The summed E-state index contributed by atoms with van der Waals surface area (Å²) < 4.78 is 4.63. The molecule has 0 spiro atoms. The first-order valence-corrected chi connectivity index (χ1v) is 9.73. The van der Waals surface area contributed by atoms with E-state index in [1.165, 1.54) is 70.6 Å². The maximum atomic E-state index is 11.4. The zero-order valence-electron chi connectivity index (χ0n) is 14.2. The van der Waals surface area contributed by atoms with Gasteiger partial charge >= 0.3 is 5.97 Å². The molecule has 0 bridgehead atoms. The van der Waals surface area contributed by atoms with Gasteiger partial charge in [-0.3, -0.25) is 4.79 Å². The Kier molecular flexibility index (Phi) is 16.3. The van der Waals surface area contributed by atoms with E-state index in [9.17, 15) is 4.79 Å². The van der Waals surface area contributed by atoms with Crippen LogP contribution >= 0.6 is 16.3 Å². The van der Waals surface area contributed by atoms with Crippen molar-refractivity contribution in [3.8, 4) is 0 Å². The van der Waals surface area contributed by atoms with Crippen LogP contribution in [-0.4, -0.2) is 5.97 Å². The smallest absolute Gasteiger partial charge is 0.320 e. The summed E-state index contributed by atoms with van der Waals surface area (Å²) in [6, 6.07) is 0. The van der Waals surface area contributed by atoms with Crippen LogP contribution in [0, 0.1) is 5.92 Å². The average molecular weight is 363 g/mol. The molecule has 0 aliphatic carbocycles. The molecular weight excluding hydrogens is 328 g/mol. The SMILES string of the molecule is CCCCCCCCCCCCCCC(CC)C(=O)OBr. The lowest BCUT2D eigenvalue weighted by Crippen LogP contribution is -2.13. The van der Waals surface area contributed by atoms with E-state index in [2.05, 4.69) is 33.9 Å². The molecule has 0 N–H and O–H groups in total. The third kappa shape index (κ3) is 13.3. The molecule has 1 atom stereocenters. The van der Waals surface area contributed by atoms with E-state index in [0.29, 0.717) is 0 Å². The van der Waals surface area contributed by atoms with E-state index in [0.717, 1.165) is 19.3 Å². The lowest BCUT2D eigenvalue weighted by atomic mass is 9.98. The molecule has 0 fully saturated rings. The first-order chi connectivity index (χ1) is 10.3. The summed E-state index contributed by atoms with van der Waals surface area (Å²) in [6.07, 6.45) is 18.1. The standard InChI is InChI=1S/C18H35BrO2/c1-3-5-6-7-8-9-10-11-12-13-14-15-16-17(4-2)18(20)21-19/h17H,3-16H2,1-2H3. The molecular formula is C18H35BrO2. The molecule has 3 heteroatoms. The summed E-state index contributed by atoms with van der Waals surface area (Å²) >= 11 is 2.78. The summed E-state index contributed by atoms with van der Waals surface area (Å²) in [7, 11) is 0. The molecule has 0 saturated carbocycles. The van der Waals surface area contributed by atoms with Gasteiger partial charge < -0.3 is 3.83 Å². The van der Waals surface area contributed by atoms with Gasteiger partial charge in [0.05, 0.1) is 5.92 Å². The Morgan fingerprint density at radius 2 is 1.24 bits per heavy atom. The maximum Gasteiger partial charge on any atom is 0.320 e. The third-order valence-electron chi connectivity index (χ3n) is 4.31. The number of rotatable bonds is 15. The summed E-state index contributed by atoms with van der Waals surface area (Å²) in [4.78, 5) is 11.4. The summed E-state index contributed by atoms with van der Waals surface area (Å²) in [5.74, 6) is -0.0342. The zero-order valence-corrected chi connectivity index (χ0v) is 15.8. The largest absolute Gasteiger partial charge is 0.383 e. The quantitative estimate of drug-likeness (QED) is 0.294. The fraction of sp³-hybridized carbons (Fsp3) is 0.944. The highest BCUT2D eigenvalue weighted by Gasteiger charge is 2.16. The predicted molar refractivity (Wildman–Crippen MR) is 94.5 cm³/mol. The van der Waals surface area contributed by atoms with Crippen molar-refractivity contribution in [1.29, 1.82) is 0 Å². The fourth-order valence-electron chi connectivity index (χ4n) is 2.78. The lowest BCUT2D eigenvalue weighted by Gasteiger charge is -2.10. The molecule has 126 valence electrons. The summed E-state index contributed by atoms with van der Waals surface area (Å²) in [5, 5.41) is 0. The number of carbonyl (C=O) groups is 1. The molecule has 0 radical (unpaired) electrons. The van der Waals surface area contributed by atoms with E-state index < -0.39 is 0 Å². The minimum Gasteiger partial charge on any atom is -0.383 e. The Morgan fingerprint density at radius 1 is 0.810 bits per heavy atom. The Labute approximate surface area is 140 Å². The number of hydrogen-bond donors (Lipinski definition) is 0. The van der Waals surface area contributed by atoms with Crippen LogP contribution < -0.4 is 0 Å². The van der Waals surface area contributed by atoms with Crippen LogP contribution in [0.15, 0.2) is 0 Å². The molecule has 0 rings (SSSR count). The molecule has 2 nitrogen and oxygen atoms in total. The first kappa shape index (κ1) is 20.9. The molecule has 0 aromatic heterocycles. The van der Waals surface area contributed by atoms with Crippen molar-refractivity contribution in [1.82, 2.24) is 0 Å². The third-order valence-corrected chi connectivity index (χ3v) is 4.63. The molecule has 0 aromatic rings. The van der Waals surface area contributed by atoms with Crippen molar-refractivity contribution in [2.45, 2.75) is 104 Å². The molecule has 1 unspecified atom stereocenters. The topological polar surface area (TPSA) is 26.3 Å². The molecule has 0 aromatic carbocycles. The van der Waals surface area contributed by atoms with E-state index in [4.69, 9.17) is 0 Å². The van der Waals surface area contributed by atoms with Gasteiger partial charge in [0.1, 0.15) is 0 Å². The van der Waals surface area contributed by atoms with E-state index in [1.807, 2.05) is 0 Å². The van der Waals surface area contributed by atoms with Gasteiger partial charge in [-0.1, -0.05) is 90.9 Å². The molecule has 0 saturated heterocycles. The van der Waals surface area contributed by atoms with Gasteiger partial charge in [0.25, 0.3) is 0 Å². The Balaban J connectivity index is 3.23. The van der Waals surface area contributed by atoms with Crippen molar-refractivity contribution in [2.24, 2.45) is 5.92 Å². The van der Waals surface area contributed by atoms with Crippen LogP contribution in [0.5, 0.6) is 0 Å². The maximum absolute atomic E-state index is 11.4. The van der Waals surface area contributed by atoms with Gasteiger partial charge in [-0.25, -0.2) is 0 Å². The van der Waals surface area contributed by atoms with Crippen LogP contribution in [0.25, 0.3) is 0 Å². The van der Waals surface area contributed by atoms with Crippen LogP contribution in [0.3, 0.4) is 0 Å². The van der Waals surface area contributed by atoms with Crippen molar-refractivity contribution in [2.75, 3.05) is 0 Å². The zero-order chi connectivity index (χ0) is 15.8. The average Bonchev–Trinajstić information content (AvgIpc) is 2.51. The van der Waals surface area contributed by atoms with Gasteiger partial charge in [0.15, 0.2) is 16.3 Å². The highest BCUT2D eigenvalue weighted by atomic mass is 79.9. The number of carbonyl (C=O) groups excluding carboxylic acids is 1. The van der Waals surface area contributed by atoms with E-state index >= 15 is 0 Å². The van der Waals surface area contributed by atoms with E-state index in [1.54, 1.807) is 0 Å². The summed E-state index contributed by atoms with van der Waals surface area (Å²) in [6.45, 7) is 4.32. The second kappa shape index (κ2) is 16.3. The van der Waals surface area contributed by atoms with Crippen LogP contribution in [0.2, 0.25) is 0 Å². The minimum atomic E-state index is -0.111. The second-order valence-corrected chi connectivity index (χ2v) is 6.50. The van der Waals surface area contributed by atoms with Gasteiger partial charge in [0.2, 0.25) is 0 Å². The van der Waals surface area contributed by atoms with Crippen molar-refractivity contribution < 1.29 is 8.62 Å². The van der Waals surface area contributed by atoms with Crippen molar-refractivity contribution in [3.05, 3.63) is 0 Å². The van der Waals surface area contributed by atoms with Gasteiger partial charge in [-0.15, -0.1) is 0 Å². The number of hydrogen-bond acceptors (Lipinski definition) is 2. The number of halogens is 1. The number of unbranched alkanes of at least 4 members (excludes halogenated alkanes) is 11. The van der Waals surface area contributed by atoms with Crippen LogP contribution in [-0.2, 0) is 8.62 Å². The lowest BCUT2D eigenvalue weighted by molar-refractivity contribution is -0.137. The highest BCUT2D eigenvalue weighted by molar-refractivity contribution is 9.06. The van der Waals surface area contributed by atoms with Gasteiger partial charge in [-0.05, 0) is 12.8 Å². The second-order valence-electron chi connectivity index (χ2n) is 6.18. The molecule has 0 heterocycles. The Morgan fingerprint density at radius 3 is 1.62 bits per heavy atom. The molecule has 0 aliphatic rings. The molecule has 0 aliphatic heterocycles. The van der Waals surface area contributed by atoms with Gasteiger partial charge in [-0.2, -0.15) is 0 Å². The van der Waals surface area contributed by atoms with Crippen LogP contribution in [0.4, 0.5) is 0 Å². The van der Waals surface area contributed by atoms with Crippen molar-refractivity contribution >= 4 is 22.2 Å². The molecule has 21 heavy (non-hydrogen) atoms. The van der Waals surface area contributed by atoms with Crippen LogP contribution in [0.1, 0.15) is 104 Å². The van der Waals surface area contributed by atoms with Gasteiger partial charge in [0, 0.05) is 0 Å². The first-order valence-electron chi connectivity index (χ1n) is 9.08. The Hall–Kier alpha value is -0.0500.